The molecule has 106 valence electrons. The molecule has 0 saturated carbocycles. The lowest BCUT2D eigenvalue weighted by Crippen LogP contribution is -1.93. The van der Waals surface area contributed by atoms with E-state index in [0.29, 0.717) is 23.0 Å². The van der Waals surface area contributed by atoms with E-state index >= 15 is 0 Å². The Labute approximate surface area is 120 Å². The monoisotopic (exact) mass is 284 g/mol. The van der Waals surface area contributed by atoms with Gasteiger partial charge in [-0.2, -0.15) is 5.10 Å². The number of aromatic nitrogens is 3. The Morgan fingerprint density at radius 2 is 1.95 bits per heavy atom. The maximum atomic E-state index is 13.1. The van der Waals surface area contributed by atoms with E-state index in [-0.39, 0.29) is 5.82 Å². The highest BCUT2D eigenvalue weighted by atomic mass is 19.1. The van der Waals surface area contributed by atoms with Gasteiger partial charge in [0.05, 0.1) is 23.9 Å². The maximum Gasteiger partial charge on any atom is 0.222 e. The van der Waals surface area contributed by atoms with Gasteiger partial charge in [0, 0.05) is 6.20 Å². The second kappa shape index (κ2) is 5.24. The van der Waals surface area contributed by atoms with Crippen molar-refractivity contribution in [2.24, 2.45) is 0 Å². The van der Waals surface area contributed by atoms with E-state index in [1.54, 1.807) is 31.5 Å². The first-order chi connectivity index (χ1) is 10.2. The Morgan fingerprint density at radius 1 is 1.19 bits per heavy atom. The van der Waals surface area contributed by atoms with Crippen LogP contribution in [-0.4, -0.2) is 22.3 Å². The lowest BCUT2D eigenvalue weighted by molar-refractivity contribution is 0.399. The minimum Gasteiger partial charge on any atom is -0.481 e. The Hall–Kier alpha value is -2.89. The molecule has 2 heterocycles. The largest absolute Gasteiger partial charge is 0.481 e. The number of ether oxygens (including phenoxy) is 1. The van der Waals surface area contributed by atoms with Gasteiger partial charge in [0.2, 0.25) is 5.88 Å². The van der Waals surface area contributed by atoms with Crippen LogP contribution in [0.5, 0.6) is 5.88 Å². The van der Waals surface area contributed by atoms with Crippen LogP contribution in [-0.2, 0) is 0 Å². The van der Waals surface area contributed by atoms with Crippen molar-refractivity contribution in [3.05, 3.63) is 48.4 Å². The van der Waals surface area contributed by atoms with Crippen molar-refractivity contribution < 1.29 is 9.13 Å². The summed E-state index contributed by atoms with van der Waals surface area (Å²) in [6.07, 6.45) is 1.64. The Kier molecular flexibility index (Phi) is 3.27. The van der Waals surface area contributed by atoms with Crippen molar-refractivity contribution in [1.82, 2.24) is 15.2 Å². The number of rotatable bonds is 3. The minimum atomic E-state index is -0.304. The number of nitrogens with one attached hydrogen (secondary N) is 1. The van der Waals surface area contributed by atoms with Crippen LogP contribution in [0.4, 0.5) is 10.2 Å². The van der Waals surface area contributed by atoms with E-state index in [4.69, 9.17) is 10.5 Å². The quantitative estimate of drug-likeness (QED) is 0.775. The molecular weight excluding hydrogens is 271 g/mol. The van der Waals surface area contributed by atoms with Crippen molar-refractivity contribution in [1.29, 1.82) is 0 Å². The molecule has 0 radical (unpaired) electrons. The summed E-state index contributed by atoms with van der Waals surface area (Å²) in [6.45, 7) is 0. The molecular formula is C15H13FN4O. The normalized spacial score (nSPS) is 10.6. The zero-order valence-corrected chi connectivity index (χ0v) is 11.3. The van der Waals surface area contributed by atoms with Crippen molar-refractivity contribution in [2.45, 2.75) is 0 Å². The lowest BCUT2D eigenvalue weighted by Gasteiger charge is -2.08. The fourth-order valence-electron chi connectivity index (χ4n) is 2.20. The van der Waals surface area contributed by atoms with E-state index in [1.165, 1.54) is 12.1 Å². The molecule has 1 aromatic carbocycles. The van der Waals surface area contributed by atoms with Gasteiger partial charge in [-0.15, -0.1) is 0 Å². The number of nitrogens with zero attached hydrogens (tertiary/aromatic N) is 2. The number of halogens is 1. The SMILES string of the molecule is COc1ncccc1-c1[nH]nc(N)c1-c1ccc(F)cc1. The number of hydrogen-bond acceptors (Lipinski definition) is 4. The lowest BCUT2D eigenvalue weighted by atomic mass is 10.0. The van der Waals surface area contributed by atoms with Crippen molar-refractivity contribution >= 4 is 5.82 Å². The molecule has 3 aromatic rings. The minimum absolute atomic E-state index is 0.304. The number of benzene rings is 1. The predicted molar refractivity (Wildman–Crippen MR) is 78.2 cm³/mol. The van der Waals surface area contributed by atoms with Gasteiger partial charge < -0.3 is 10.5 Å². The first-order valence-electron chi connectivity index (χ1n) is 6.30. The third-order valence-electron chi connectivity index (χ3n) is 3.16. The number of methoxy groups -OCH3 is 1. The van der Waals surface area contributed by atoms with Crippen LogP contribution in [0.2, 0.25) is 0 Å². The second-order valence-electron chi connectivity index (χ2n) is 4.43. The summed E-state index contributed by atoms with van der Waals surface area (Å²) in [6, 6.07) is 9.72. The number of nitrogen functional groups attached to an aromatic ring is 1. The molecule has 0 fully saturated rings. The van der Waals surface area contributed by atoms with E-state index < -0.39 is 0 Å². The van der Waals surface area contributed by atoms with Gasteiger partial charge in [-0.1, -0.05) is 12.1 Å². The zero-order valence-electron chi connectivity index (χ0n) is 11.3. The van der Waals surface area contributed by atoms with Gasteiger partial charge in [0.15, 0.2) is 5.82 Å². The molecule has 0 bridgehead atoms. The third kappa shape index (κ3) is 2.31. The van der Waals surface area contributed by atoms with Gasteiger partial charge in [0.25, 0.3) is 0 Å². The van der Waals surface area contributed by atoms with Crippen LogP contribution in [0.25, 0.3) is 22.4 Å². The van der Waals surface area contributed by atoms with Crippen molar-refractivity contribution in [2.75, 3.05) is 12.8 Å². The third-order valence-corrected chi connectivity index (χ3v) is 3.16. The maximum absolute atomic E-state index is 13.1. The van der Waals surface area contributed by atoms with E-state index in [2.05, 4.69) is 15.2 Å². The highest BCUT2D eigenvalue weighted by Crippen LogP contribution is 2.37. The summed E-state index contributed by atoms with van der Waals surface area (Å²) in [5.41, 5.74) is 8.83. The van der Waals surface area contributed by atoms with Crippen molar-refractivity contribution in [3.63, 3.8) is 0 Å². The smallest absolute Gasteiger partial charge is 0.222 e. The first kappa shape index (κ1) is 13.1. The number of H-pyrrole nitrogens is 1. The molecule has 5 nitrogen and oxygen atoms in total. The topological polar surface area (TPSA) is 76.8 Å². The molecule has 3 N–H and O–H groups in total. The van der Waals surface area contributed by atoms with Gasteiger partial charge in [0.1, 0.15) is 5.82 Å². The molecule has 0 aliphatic rings. The predicted octanol–water partition coefficient (Wildman–Crippen LogP) is 2.87. The van der Waals surface area contributed by atoms with E-state index in [1.807, 2.05) is 6.07 Å². The molecule has 2 aromatic heterocycles. The first-order valence-corrected chi connectivity index (χ1v) is 6.30. The molecule has 21 heavy (non-hydrogen) atoms. The zero-order chi connectivity index (χ0) is 14.8. The summed E-state index contributed by atoms with van der Waals surface area (Å²) in [4.78, 5) is 4.16. The van der Waals surface area contributed by atoms with Crippen LogP contribution in [0.15, 0.2) is 42.6 Å². The standard InChI is InChI=1S/C15H13FN4O/c1-21-15-11(3-2-8-18-15)13-12(14(17)20-19-13)9-4-6-10(16)7-5-9/h2-8H,1H3,(H3,17,19,20). The number of nitrogens with two attached hydrogens (primary N) is 1. The number of pyridine rings is 1. The summed E-state index contributed by atoms with van der Waals surface area (Å²) in [7, 11) is 1.54. The van der Waals surface area contributed by atoms with E-state index in [9.17, 15) is 4.39 Å². The average molecular weight is 284 g/mol. The van der Waals surface area contributed by atoms with Gasteiger partial charge in [-0.25, -0.2) is 9.37 Å². The van der Waals surface area contributed by atoms with Crippen LogP contribution < -0.4 is 10.5 Å². The number of hydrogen-bond donors (Lipinski definition) is 2. The molecule has 0 spiro atoms. The Morgan fingerprint density at radius 3 is 2.67 bits per heavy atom. The fraction of sp³-hybridized carbons (Fsp3) is 0.0667. The molecule has 3 rings (SSSR count). The van der Waals surface area contributed by atoms with Crippen LogP contribution in [0.1, 0.15) is 0 Å². The molecule has 0 aliphatic carbocycles. The molecule has 0 saturated heterocycles. The van der Waals surface area contributed by atoms with E-state index in [0.717, 1.165) is 11.1 Å². The molecule has 6 heteroatoms. The number of anilines is 1. The fourth-order valence-corrected chi connectivity index (χ4v) is 2.20. The van der Waals surface area contributed by atoms with Crippen LogP contribution >= 0.6 is 0 Å². The van der Waals surface area contributed by atoms with Gasteiger partial charge in [-0.3, -0.25) is 5.10 Å². The van der Waals surface area contributed by atoms with Crippen molar-refractivity contribution in [3.8, 4) is 28.3 Å². The summed E-state index contributed by atoms with van der Waals surface area (Å²) in [5.74, 6) is 0.494. The second-order valence-corrected chi connectivity index (χ2v) is 4.43. The molecule has 0 amide bonds. The van der Waals surface area contributed by atoms with Gasteiger partial charge >= 0.3 is 0 Å². The average Bonchev–Trinajstić information content (AvgIpc) is 2.90. The Balaban J connectivity index is 2.19. The molecule has 0 atom stereocenters. The van der Waals surface area contributed by atoms with Crippen LogP contribution in [0, 0.1) is 5.82 Å². The Bertz CT molecular complexity index is 768. The number of aromatic amines is 1. The summed E-state index contributed by atoms with van der Waals surface area (Å²) < 4.78 is 18.3. The highest BCUT2D eigenvalue weighted by molar-refractivity contribution is 5.89. The summed E-state index contributed by atoms with van der Waals surface area (Å²) in [5, 5.41) is 6.93. The van der Waals surface area contributed by atoms with Gasteiger partial charge in [-0.05, 0) is 29.8 Å². The van der Waals surface area contributed by atoms with Crippen LogP contribution in [0.3, 0.4) is 0 Å². The summed E-state index contributed by atoms with van der Waals surface area (Å²) >= 11 is 0. The molecule has 0 aliphatic heterocycles. The highest BCUT2D eigenvalue weighted by Gasteiger charge is 2.18. The molecule has 0 unspecified atom stereocenters.